The Morgan fingerprint density at radius 1 is 1.24 bits per heavy atom. The minimum atomic E-state index is -3.35. The van der Waals surface area contributed by atoms with Crippen LogP contribution in [-0.4, -0.2) is 65.8 Å². The fourth-order valence-corrected chi connectivity index (χ4v) is 6.36. The molecule has 1 aliphatic heterocycles. The van der Waals surface area contributed by atoms with Crippen LogP contribution in [0.25, 0.3) is 0 Å². The maximum atomic E-state index is 12.3. The van der Waals surface area contributed by atoms with Gasteiger partial charge in [-0.25, -0.2) is 4.68 Å². The van der Waals surface area contributed by atoms with Crippen molar-refractivity contribution in [2.24, 2.45) is 5.41 Å². The second-order valence-electron chi connectivity index (χ2n) is 10.8. The van der Waals surface area contributed by atoms with Gasteiger partial charge < -0.3 is 19.3 Å². The van der Waals surface area contributed by atoms with E-state index in [9.17, 15) is 19.0 Å². The average Bonchev–Trinajstić information content (AvgIpc) is 3.36. The van der Waals surface area contributed by atoms with E-state index < -0.39 is 28.3 Å². The Labute approximate surface area is 242 Å². The predicted molar refractivity (Wildman–Crippen MR) is 155 cm³/mol. The van der Waals surface area contributed by atoms with Gasteiger partial charge in [0, 0.05) is 13.7 Å². The molecule has 0 fully saturated rings. The lowest BCUT2D eigenvalue weighted by atomic mass is 9.81. The summed E-state index contributed by atoms with van der Waals surface area (Å²) in [5.41, 5.74) is 1.73. The molecule has 0 saturated heterocycles. The van der Waals surface area contributed by atoms with E-state index in [0.29, 0.717) is 48.0 Å². The number of nitrogens with zero attached hydrogens (tertiary/aromatic N) is 4. The number of ether oxygens (including phenoxy) is 3. The number of hydrogen-bond acceptors (Lipinski definition) is 9. The fraction of sp³-hybridized carbons (Fsp3) is 0.483. The highest BCUT2D eigenvalue weighted by molar-refractivity contribution is 8.22. The molecule has 4 rings (SSSR count). The molecule has 2 atom stereocenters. The number of hydrogen-bond donors (Lipinski definition) is 3. The molecule has 0 aliphatic carbocycles. The Hall–Kier alpha value is -3.00. The van der Waals surface area contributed by atoms with Gasteiger partial charge in [0.25, 0.3) is 0 Å². The lowest BCUT2D eigenvalue weighted by molar-refractivity contribution is -0.158. The van der Waals surface area contributed by atoms with Crippen molar-refractivity contribution >= 4 is 16.7 Å². The number of aliphatic carboxylic acids is 1. The third-order valence-electron chi connectivity index (χ3n) is 7.40. The van der Waals surface area contributed by atoms with E-state index in [1.54, 1.807) is 54.3 Å². The third kappa shape index (κ3) is 6.91. The number of benzene rings is 2. The van der Waals surface area contributed by atoms with Crippen molar-refractivity contribution in [2.45, 2.75) is 70.9 Å². The van der Waals surface area contributed by atoms with Gasteiger partial charge in [-0.05, 0) is 56.0 Å². The number of para-hydroxylation sites is 1. The number of carboxylic acids is 1. The van der Waals surface area contributed by atoms with Crippen molar-refractivity contribution in [3.05, 3.63) is 71.0 Å². The number of carboxylic acid groups (broad SMARTS) is 1. The molecular formula is C29H40N4O7S. The monoisotopic (exact) mass is 588 g/mol. The van der Waals surface area contributed by atoms with Gasteiger partial charge in [-0.1, -0.05) is 42.5 Å². The van der Waals surface area contributed by atoms with Gasteiger partial charge in [-0.15, -0.1) is 15.9 Å². The Balaban J connectivity index is 1.63. The summed E-state index contributed by atoms with van der Waals surface area (Å²) in [4.78, 5) is 12.7. The van der Waals surface area contributed by atoms with E-state index >= 15 is 0 Å². The number of aromatic nitrogens is 3. The van der Waals surface area contributed by atoms with Crippen LogP contribution in [0.4, 0.5) is 0 Å². The van der Waals surface area contributed by atoms with Crippen molar-refractivity contribution < 1.29 is 33.2 Å². The Kier molecular flexibility index (Phi) is 9.73. The maximum absolute atomic E-state index is 12.3. The smallest absolute Gasteiger partial charge is 0.312 e. The zero-order valence-electron chi connectivity index (χ0n) is 24.2. The van der Waals surface area contributed by atoms with Crippen LogP contribution in [0.15, 0.2) is 53.6 Å². The summed E-state index contributed by atoms with van der Waals surface area (Å²) in [7, 11) is -1.74. The van der Waals surface area contributed by atoms with E-state index in [-0.39, 0.29) is 19.3 Å². The minimum Gasteiger partial charge on any atom is -0.487 e. The average molecular weight is 589 g/mol. The molecule has 224 valence electrons. The zero-order chi connectivity index (χ0) is 29.8. The van der Waals surface area contributed by atoms with E-state index in [4.69, 9.17) is 14.2 Å². The van der Waals surface area contributed by atoms with Crippen LogP contribution in [0.1, 0.15) is 55.7 Å². The summed E-state index contributed by atoms with van der Waals surface area (Å²) in [6, 6.07) is 12.7. The van der Waals surface area contributed by atoms with E-state index in [1.807, 2.05) is 38.1 Å². The quantitative estimate of drug-likeness (QED) is 0.255. The molecule has 41 heavy (non-hydrogen) atoms. The van der Waals surface area contributed by atoms with Gasteiger partial charge in [-0.2, -0.15) is 4.31 Å². The SMILES string of the molecule is CCC1CN(Cc2cc(C(OCc3cn(CCOC)nn3)C(C)(C)C(=O)O)ccc2C)S(O)(O)c2ccccc2O1. The van der Waals surface area contributed by atoms with Crippen molar-refractivity contribution in [3.8, 4) is 5.75 Å². The van der Waals surface area contributed by atoms with Gasteiger partial charge in [0.1, 0.15) is 22.4 Å². The highest BCUT2D eigenvalue weighted by Gasteiger charge is 2.40. The second-order valence-corrected chi connectivity index (χ2v) is 12.8. The molecule has 0 amide bonds. The summed E-state index contributed by atoms with van der Waals surface area (Å²) < 4.78 is 43.6. The zero-order valence-corrected chi connectivity index (χ0v) is 25.0. The first-order valence-electron chi connectivity index (χ1n) is 13.6. The molecule has 1 aromatic heterocycles. The third-order valence-corrected chi connectivity index (χ3v) is 9.32. The first-order valence-corrected chi connectivity index (χ1v) is 15.1. The summed E-state index contributed by atoms with van der Waals surface area (Å²) in [5, 5.41) is 18.3. The molecule has 0 radical (unpaired) electrons. The Morgan fingerprint density at radius 2 is 2.00 bits per heavy atom. The summed E-state index contributed by atoms with van der Waals surface area (Å²) in [6.07, 6.45) is 1.39. The van der Waals surface area contributed by atoms with E-state index in [1.165, 1.54) is 0 Å². The first-order chi connectivity index (χ1) is 19.5. The Bertz CT molecular complexity index is 1350. The van der Waals surface area contributed by atoms with Crippen LogP contribution in [0.2, 0.25) is 0 Å². The van der Waals surface area contributed by atoms with Crippen LogP contribution < -0.4 is 4.74 Å². The molecule has 0 bridgehead atoms. The molecule has 3 N–H and O–H groups in total. The van der Waals surface area contributed by atoms with Gasteiger partial charge in [-0.3, -0.25) is 13.9 Å². The van der Waals surface area contributed by atoms with Gasteiger partial charge in [0.05, 0.1) is 44.0 Å². The molecule has 12 heteroatoms. The van der Waals surface area contributed by atoms with E-state index in [0.717, 1.165) is 11.1 Å². The lowest BCUT2D eigenvalue weighted by Gasteiger charge is -2.42. The van der Waals surface area contributed by atoms with Crippen molar-refractivity contribution in [1.82, 2.24) is 19.3 Å². The van der Waals surface area contributed by atoms with Gasteiger partial charge in [0.2, 0.25) is 0 Å². The first kappa shape index (κ1) is 30.9. The molecule has 2 heterocycles. The number of aryl methyl sites for hydroxylation is 1. The van der Waals surface area contributed by atoms with Crippen LogP contribution in [0, 0.1) is 12.3 Å². The van der Waals surface area contributed by atoms with Crippen molar-refractivity contribution in [3.63, 3.8) is 0 Å². The Morgan fingerprint density at radius 3 is 2.71 bits per heavy atom. The van der Waals surface area contributed by atoms with Crippen LogP contribution in [0.5, 0.6) is 5.75 Å². The lowest BCUT2D eigenvalue weighted by Crippen LogP contribution is -2.35. The normalized spacial score (nSPS) is 18.7. The minimum absolute atomic E-state index is 0.0660. The maximum Gasteiger partial charge on any atom is 0.312 e. The molecule has 2 unspecified atom stereocenters. The highest BCUT2D eigenvalue weighted by Crippen LogP contribution is 2.57. The van der Waals surface area contributed by atoms with Crippen LogP contribution in [0.3, 0.4) is 0 Å². The van der Waals surface area contributed by atoms with Crippen LogP contribution >= 0.6 is 10.8 Å². The van der Waals surface area contributed by atoms with Gasteiger partial charge in [0.15, 0.2) is 0 Å². The largest absolute Gasteiger partial charge is 0.487 e. The predicted octanol–water partition coefficient (Wildman–Crippen LogP) is 5.30. The van der Waals surface area contributed by atoms with Crippen molar-refractivity contribution in [1.29, 1.82) is 0 Å². The highest BCUT2D eigenvalue weighted by atomic mass is 32.3. The fourth-order valence-electron chi connectivity index (χ4n) is 4.74. The molecule has 0 spiro atoms. The summed E-state index contributed by atoms with van der Waals surface area (Å²) in [5.74, 6) is -0.530. The van der Waals surface area contributed by atoms with E-state index in [2.05, 4.69) is 10.3 Å². The summed E-state index contributed by atoms with van der Waals surface area (Å²) >= 11 is 0. The molecule has 0 saturated carbocycles. The number of carbonyl (C=O) groups is 1. The molecule has 3 aromatic rings. The van der Waals surface area contributed by atoms with Crippen LogP contribution in [-0.2, 0) is 34.0 Å². The topological polar surface area (TPSA) is 139 Å². The standard InChI is InChI=1S/C29H40N4O7S/c1-6-24-18-33(41(36,37)26-10-8-7-9-25(26)40-24)16-22-15-21(12-11-20(22)2)27(29(3,4)28(34)35)39-19-23-17-32(31-30-23)13-14-38-5/h7-12,15,17,24,27,36-37H,6,13-14,16,18-19H2,1-5H3,(H,34,35). The summed E-state index contributed by atoms with van der Waals surface area (Å²) in [6.45, 7) is 8.83. The van der Waals surface area contributed by atoms with Gasteiger partial charge >= 0.3 is 5.97 Å². The molecule has 2 aromatic carbocycles. The number of rotatable bonds is 12. The number of methoxy groups -OCH3 is 1. The molecule has 11 nitrogen and oxygen atoms in total. The second kappa shape index (κ2) is 12.9. The van der Waals surface area contributed by atoms with Crippen molar-refractivity contribution in [2.75, 3.05) is 20.3 Å². The molecule has 1 aliphatic rings. The molecular weight excluding hydrogens is 548 g/mol. The number of fused-ring (bicyclic) bond motifs is 1.